The van der Waals surface area contributed by atoms with Crippen molar-refractivity contribution in [1.82, 2.24) is 10.2 Å². The Morgan fingerprint density at radius 1 is 1.16 bits per heavy atom. The third kappa shape index (κ3) is 4.35. The average molecular weight is 278 g/mol. The predicted molar refractivity (Wildman–Crippen MR) is 70.1 cm³/mol. The van der Waals surface area contributed by atoms with Gasteiger partial charge in [0, 0.05) is 25.2 Å². The molecule has 0 aromatic carbocycles. The lowest BCUT2D eigenvalue weighted by Crippen LogP contribution is -2.60. The van der Waals surface area contributed by atoms with Crippen LogP contribution in [0.1, 0.15) is 45.4 Å². The second-order valence-electron chi connectivity index (χ2n) is 6.02. The highest BCUT2D eigenvalue weighted by atomic mass is 19.4. The summed E-state index contributed by atoms with van der Waals surface area (Å²) >= 11 is 0. The SMILES string of the molecule is CCC1CN(CC(F)(F)F)C(C2CCCCC2)CN1. The predicted octanol–water partition coefficient (Wildman–Crippen LogP) is 3.18. The summed E-state index contributed by atoms with van der Waals surface area (Å²) in [4.78, 5) is 1.70. The van der Waals surface area contributed by atoms with Gasteiger partial charge in [0.1, 0.15) is 0 Å². The molecule has 19 heavy (non-hydrogen) atoms. The van der Waals surface area contributed by atoms with Gasteiger partial charge in [-0.05, 0) is 25.2 Å². The molecule has 0 aromatic rings. The molecule has 0 spiro atoms. The van der Waals surface area contributed by atoms with Gasteiger partial charge in [0.05, 0.1) is 6.54 Å². The van der Waals surface area contributed by atoms with Crippen LogP contribution in [0.25, 0.3) is 0 Å². The van der Waals surface area contributed by atoms with Crippen LogP contribution < -0.4 is 5.32 Å². The largest absolute Gasteiger partial charge is 0.401 e. The minimum absolute atomic E-state index is 0.0738. The minimum atomic E-state index is -4.08. The molecule has 1 heterocycles. The summed E-state index contributed by atoms with van der Waals surface area (Å²) < 4.78 is 38.2. The molecule has 1 aliphatic heterocycles. The third-order valence-corrected chi connectivity index (χ3v) is 4.61. The van der Waals surface area contributed by atoms with E-state index in [2.05, 4.69) is 5.32 Å². The summed E-state index contributed by atoms with van der Waals surface area (Å²) in [6.45, 7) is 2.55. The van der Waals surface area contributed by atoms with E-state index in [1.165, 1.54) is 19.3 Å². The molecule has 5 heteroatoms. The van der Waals surface area contributed by atoms with Crippen LogP contribution in [0.15, 0.2) is 0 Å². The molecule has 2 nitrogen and oxygen atoms in total. The van der Waals surface area contributed by atoms with Crippen LogP contribution in [-0.4, -0.2) is 42.8 Å². The molecule has 1 aliphatic carbocycles. The van der Waals surface area contributed by atoms with E-state index in [1.54, 1.807) is 4.90 Å². The van der Waals surface area contributed by atoms with E-state index >= 15 is 0 Å². The summed E-state index contributed by atoms with van der Waals surface area (Å²) in [5.74, 6) is 0.446. The summed E-state index contributed by atoms with van der Waals surface area (Å²) in [6.07, 6.45) is 2.60. The number of nitrogens with one attached hydrogen (secondary N) is 1. The van der Waals surface area contributed by atoms with Crippen LogP contribution in [0.4, 0.5) is 13.2 Å². The molecule has 1 N–H and O–H groups in total. The smallest absolute Gasteiger partial charge is 0.311 e. The Morgan fingerprint density at radius 3 is 2.42 bits per heavy atom. The van der Waals surface area contributed by atoms with Crippen molar-refractivity contribution in [2.45, 2.75) is 63.7 Å². The Bertz CT molecular complexity index is 274. The van der Waals surface area contributed by atoms with E-state index in [0.717, 1.165) is 25.8 Å². The molecule has 1 saturated carbocycles. The molecule has 2 atom stereocenters. The molecule has 0 bridgehead atoms. The maximum atomic E-state index is 12.7. The number of piperazine rings is 1. The fourth-order valence-corrected chi connectivity index (χ4v) is 3.57. The highest BCUT2D eigenvalue weighted by Crippen LogP contribution is 2.32. The number of nitrogens with zero attached hydrogens (tertiary/aromatic N) is 1. The van der Waals surface area contributed by atoms with Crippen molar-refractivity contribution in [3.63, 3.8) is 0 Å². The number of hydrogen-bond donors (Lipinski definition) is 1. The normalized spacial score (nSPS) is 31.6. The lowest BCUT2D eigenvalue weighted by Gasteiger charge is -2.45. The molecule has 2 fully saturated rings. The zero-order valence-corrected chi connectivity index (χ0v) is 11.7. The first kappa shape index (κ1) is 15.1. The van der Waals surface area contributed by atoms with Crippen LogP contribution in [0.2, 0.25) is 0 Å². The first-order valence-corrected chi connectivity index (χ1v) is 7.54. The number of halogens is 3. The fourth-order valence-electron chi connectivity index (χ4n) is 3.57. The van der Waals surface area contributed by atoms with Gasteiger partial charge in [0.15, 0.2) is 0 Å². The summed E-state index contributed by atoms with van der Waals surface area (Å²) in [7, 11) is 0. The minimum Gasteiger partial charge on any atom is -0.311 e. The standard InChI is InChI=1S/C14H25F3N2/c1-2-12-9-19(10-14(15,16)17)13(8-18-12)11-6-4-3-5-7-11/h11-13,18H,2-10H2,1H3. The first-order valence-electron chi connectivity index (χ1n) is 7.54. The summed E-state index contributed by atoms with van der Waals surface area (Å²) in [6, 6.07) is 0.284. The van der Waals surface area contributed by atoms with Crippen molar-refractivity contribution in [1.29, 1.82) is 0 Å². The van der Waals surface area contributed by atoms with Crippen molar-refractivity contribution in [3.05, 3.63) is 0 Å². The van der Waals surface area contributed by atoms with Crippen LogP contribution in [0.3, 0.4) is 0 Å². The van der Waals surface area contributed by atoms with Crippen LogP contribution >= 0.6 is 0 Å². The monoisotopic (exact) mass is 278 g/mol. The van der Waals surface area contributed by atoms with E-state index in [4.69, 9.17) is 0 Å². The van der Waals surface area contributed by atoms with Crippen LogP contribution in [-0.2, 0) is 0 Å². The van der Waals surface area contributed by atoms with E-state index in [9.17, 15) is 13.2 Å². The van der Waals surface area contributed by atoms with Crippen molar-refractivity contribution >= 4 is 0 Å². The zero-order chi connectivity index (χ0) is 13.9. The lowest BCUT2D eigenvalue weighted by atomic mass is 9.82. The highest BCUT2D eigenvalue weighted by Gasteiger charge is 2.39. The third-order valence-electron chi connectivity index (χ3n) is 4.61. The molecule has 0 amide bonds. The first-order chi connectivity index (χ1) is 8.99. The topological polar surface area (TPSA) is 15.3 Å². The quantitative estimate of drug-likeness (QED) is 0.853. The van der Waals surface area contributed by atoms with Gasteiger partial charge in [-0.2, -0.15) is 13.2 Å². The molecular weight excluding hydrogens is 253 g/mol. The molecule has 112 valence electrons. The Kier molecular flexibility index (Phi) is 5.12. The lowest BCUT2D eigenvalue weighted by molar-refractivity contribution is -0.157. The van der Waals surface area contributed by atoms with Gasteiger partial charge in [-0.25, -0.2) is 0 Å². The van der Waals surface area contributed by atoms with E-state index in [-0.39, 0.29) is 12.1 Å². The van der Waals surface area contributed by atoms with Crippen molar-refractivity contribution in [3.8, 4) is 0 Å². The van der Waals surface area contributed by atoms with Crippen molar-refractivity contribution < 1.29 is 13.2 Å². The van der Waals surface area contributed by atoms with Gasteiger partial charge >= 0.3 is 6.18 Å². The number of rotatable bonds is 3. The van der Waals surface area contributed by atoms with Gasteiger partial charge in [-0.3, -0.25) is 4.90 Å². The number of alkyl halides is 3. The molecule has 2 aliphatic rings. The van der Waals surface area contributed by atoms with Crippen molar-refractivity contribution in [2.24, 2.45) is 5.92 Å². The Balaban J connectivity index is 2.01. The van der Waals surface area contributed by atoms with E-state index in [0.29, 0.717) is 12.5 Å². The maximum Gasteiger partial charge on any atom is 0.401 e. The Labute approximate surface area is 113 Å². The zero-order valence-electron chi connectivity index (χ0n) is 11.7. The van der Waals surface area contributed by atoms with Crippen LogP contribution in [0, 0.1) is 5.92 Å². The molecule has 2 unspecified atom stereocenters. The molecule has 1 saturated heterocycles. The van der Waals surface area contributed by atoms with Gasteiger partial charge < -0.3 is 5.32 Å². The van der Waals surface area contributed by atoms with E-state index in [1.807, 2.05) is 6.92 Å². The second-order valence-corrected chi connectivity index (χ2v) is 6.02. The Morgan fingerprint density at radius 2 is 1.84 bits per heavy atom. The summed E-state index contributed by atoms with van der Waals surface area (Å²) in [5.41, 5.74) is 0. The highest BCUT2D eigenvalue weighted by molar-refractivity contribution is 4.91. The van der Waals surface area contributed by atoms with Crippen molar-refractivity contribution in [2.75, 3.05) is 19.6 Å². The van der Waals surface area contributed by atoms with Gasteiger partial charge in [0.25, 0.3) is 0 Å². The van der Waals surface area contributed by atoms with Crippen LogP contribution in [0.5, 0.6) is 0 Å². The van der Waals surface area contributed by atoms with Gasteiger partial charge in [-0.15, -0.1) is 0 Å². The second kappa shape index (κ2) is 6.44. The maximum absolute atomic E-state index is 12.7. The fraction of sp³-hybridized carbons (Fsp3) is 1.00. The van der Waals surface area contributed by atoms with E-state index < -0.39 is 12.7 Å². The summed E-state index contributed by atoms with van der Waals surface area (Å²) in [5, 5.41) is 3.42. The molecule has 0 radical (unpaired) electrons. The molecule has 2 rings (SSSR count). The molecule has 0 aromatic heterocycles. The average Bonchev–Trinajstić information content (AvgIpc) is 2.38. The van der Waals surface area contributed by atoms with Gasteiger partial charge in [-0.1, -0.05) is 26.2 Å². The molecular formula is C14H25F3N2. The van der Waals surface area contributed by atoms with Gasteiger partial charge in [0.2, 0.25) is 0 Å². The number of hydrogen-bond acceptors (Lipinski definition) is 2. The Hall–Kier alpha value is -0.290.